The van der Waals surface area contributed by atoms with Crippen molar-refractivity contribution < 1.29 is 0 Å². The molecule has 4 N–H and O–H groups in total. The van der Waals surface area contributed by atoms with Crippen molar-refractivity contribution in [3.63, 3.8) is 0 Å². The van der Waals surface area contributed by atoms with Crippen molar-refractivity contribution in [2.45, 2.75) is 33.2 Å². The fraction of sp³-hybridized carbons (Fsp3) is 0.200. The molecular weight excluding hydrogens is 438 g/mol. The first-order chi connectivity index (χ1) is 15.9. The molecule has 0 aliphatic heterocycles. The summed E-state index contributed by atoms with van der Waals surface area (Å²) < 4.78 is 2.20. The van der Waals surface area contributed by atoms with Crippen LogP contribution in [0.2, 0.25) is 5.02 Å². The summed E-state index contributed by atoms with van der Waals surface area (Å²) in [5.74, 6) is -0.549. The molecule has 0 radical (unpaired) electrons. The number of aryl methyl sites for hydroxylation is 2. The van der Waals surface area contributed by atoms with Crippen molar-refractivity contribution in [1.29, 1.82) is 0 Å². The molecular formula is C25H24ClN5O2. The molecule has 0 saturated heterocycles. The van der Waals surface area contributed by atoms with E-state index in [9.17, 15) is 9.59 Å². The molecule has 0 saturated carbocycles. The zero-order valence-corrected chi connectivity index (χ0v) is 19.3. The average Bonchev–Trinajstić information content (AvgIpc) is 3.40. The lowest BCUT2D eigenvalue weighted by molar-refractivity contribution is 0.788. The van der Waals surface area contributed by atoms with Gasteiger partial charge in [-0.3, -0.25) is 19.8 Å². The van der Waals surface area contributed by atoms with Crippen LogP contribution in [0.25, 0.3) is 10.9 Å². The molecule has 2 aromatic carbocycles. The van der Waals surface area contributed by atoms with Crippen molar-refractivity contribution >= 4 is 22.5 Å². The van der Waals surface area contributed by atoms with Gasteiger partial charge in [0.15, 0.2) is 0 Å². The van der Waals surface area contributed by atoms with E-state index in [1.54, 1.807) is 0 Å². The molecule has 3 heterocycles. The Labute approximate surface area is 194 Å². The number of H-pyrrole nitrogens is 4. The van der Waals surface area contributed by atoms with Crippen LogP contribution in [-0.4, -0.2) is 25.0 Å². The number of halogens is 1. The first kappa shape index (κ1) is 21.2. The van der Waals surface area contributed by atoms with E-state index in [0.717, 1.165) is 27.7 Å². The van der Waals surface area contributed by atoms with Gasteiger partial charge in [-0.2, -0.15) is 0 Å². The lowest BCUT2D eigenvalue weighted by Gasteiger charge is -2.17. The predicted molar refractivity (Wildman–Crippen MR) is 130 cm³/mol. The van der Waals surface area contributed by atoms with E-state index in [1.165, 1.54) is 0 Å². The number of benzene rings is 2. The minimum Gasteiger partial charge on any atom is -0.340 e. The molecule has 0 bridgehead atoms. The number of aromatic amines is 4. The van der Waals surface area contributed by atoms with Gasteiger partial charge in [-0.05, 0) is 44.0 Å². The van der Waals surface area contributed by atoms with Gasteiger partial charge in [0, 0.05) is 39.6 Å². The highest BCUT2D eigenvalue weighted by Gasteiger charge is 2.32. The maximum atomic E-state index is 12.9. The molecule has 3 aromatic heterocycles. The Morgan fingerprint density at radius 3 is 1.94 bits per heavy atom. The highest BCUT2D eigenvalue weighted by Crippen LogP contribution is 2.39. The molecule has 0 aliphatic carbocycles. The topological polar surface area (TPSA) is 102 Å². The summed E-state index contributed by atoms with van der Waals surface area (Å²) in [6, 6.07) is 15.8. The Kier molecular flexibility index (Phi) is 5.13. The third kappa shape index (κ3) is 3.36. The van der Waals surface area contributed by atoms with Crippen LogP contribution in [0.3, 0.4) is 0 Å². The summed E-state index contributed by atoms with van der Waals surface area (Å²) in [6.07, 6.45) is 0. The molecule has 33 heavy (non-hydrogen) atoms. The zero-order valence-electron chi connectivity index (χ0n) is 18.5. The Hall–Kier alpha value is -3.71. The van der Waals surface area contributed by atoms with Crippen molar-refractivity contribution in [1.82, 2.24) is 25.0 Å². The highest BCUT2D eigenvalue weighted by atomic mass is 35.5. The van der Waals surface area contributed by atoms with Crippen LogP contribution in [0.4, 0.5) is 0 Å². The van der Waals surface area contributed by atoms with Gasteiger partial charge in [0.05, 0.1) is 17.0 Å². The second-order valence-corrected chi connectivity index (χ2v) is 8.77. The molecule has 5 aromatic rings. The summed E-state index contributed by atoms with van der Waals surface area (Å²) in [4.78, 5) is 25.9. The summed E-state index contributed by atoms with van der Waals surface area (Å²) in [5.41, 5.74) is 5.92. The first-order valence-electron chi connectivity index (χ1n) is 10.7. The van der Waals surface area contributed by atoms with E-state index in [1.807, 2.05) is 63.2 Å². The van der Waals surface area contributed by atoms with Gasteiger partial charge in [0.25, 0.3) is 11.1 Å². The predicted octanol–water partition coefficient (Wildman–Crippen LogP) is 4.48. The van der Waals surface area contributed by atoms with Crippen LogP contribution in [0.1, 0.15) is 45.3 Å². The van der Waals surface area contributed by atoms with E-state index in [2.05, 4.69) is 31.0 Å². The molecule has 0 atom stereocenters. The highest BCUT2D eigenvalue weighted by molar-refractivity contribution is 6.31. The zero-order chi connectivity index (χ0) is 23.3. The molecule has 0 unspecified atom stereocenters. The van der Waals surface area contributed by atoms with E-state index < -0.39 is 5.92 Å². The van der Waals surface area contributed by atoms with Gasteiger partial charge in [0.2, 0.25) is 0 Å². The Balaban J connectivity index is 1.84. The number of fused-ring (bicyclic) bond motifs is 1. The van der Waals surface area contributed by atoms with Crippen molar-refractivity contribution in [3.05, 3.63) is 114 Å². The number of nitrogens with zero attached hydrogens (tertiary/aromatic N) is 1. The fourth-order valence-electron chi connectivity index (χ4n) is 4.86. The standard InChI is InChI=1S/C25H24ClN5O2/c1-13-20(24(32)29-27-13)23(21-14(2)28-30-25(21)33)22-15(3)31(19-11-7-5-9-17(19)22)12-16-8-4-6-10-18(16)26/h4-11,23H,12H2,1-3H3,(H2,27,29,32)(H2,28,30,33). The SMILES string of the molecule is Cc1[nH][nH]c(=O)c1C(c1c(C)[nH][nH]c1=O)c1c(C)n(Cc2ccccc2Cl)c2ccccc12. The van der Waals surface area contributed by atoms with E-state index in [4.69, 9.17) is 11.6 Å². The number of nitrogens with one attached hydrogen (secondary N) is 4. The van der Waals surface area contributed by atoms with Gasteiger partial charge in [-0.1, -0.05) is 48.0 Å². The third-order valence-electron chi connectivity index (χ3n) is 6.46. The monoisotopic (exact) mass is 461 g/mol. The third-order valence-corrected chi connectivity index (χ3v) is 6.83. The van der Waals surface area contributed by atoms with Crippen LogP contribution in [0.5, 0.6) is 0 Å². The van der Waals surface area contributed by atoms with Gasteiger partial charge < -0.3 is 14.8 Å². The normalized spacial score (nSPS) is 11.7. The number of hydrogen-bond acceptors (Lipinski definition) is 2. The van der Waals surface area contributed by atoms with Crippen LogP contribution in [-0.2, 0) is 6.54 Å². The van der Waals surface area contributed by atoms with Crippen molar-refractivity contribution in [2.75, 3.05) is 0 Å². The maximum Gasteiger partial charge on any atom is 0.268 e. The summed E-state index contributed by atoms with van der Waals surface area (Å²) >= 11 is 6.48. The number of aromatic nitrogens is 5. The van der Waals surface area contributed by atoms with Gasteiger partial charge in [-0.15, -0.1) is 0 Å². The van der Waals surface area contributed by atoms with Crippen LogP contribution in [0.15, 0.2) is 58.1 Å². The van der Waals surface area contributed by atoms with E-state index >= 15 is 0 Å². The molecule has 8 heteroatoms. The number of hydrogen-bond donors (Lipinski definition) is 4. The number of para-hydroxylation sites is 1. The minimum absolute atomic E-state index is 0.236. The second-order valence-electron chi connectivity index (χ2n) is 8.36. The Morgan fingerprint density at radius 1 is 0.788 bits per heavy atom. The Morgan fingerprint density at radius 2 is 1.36 bits per heavy atom. The first-order valence-corrected chi connectivity index (χ1v) is 11.1. The van der Waals surface area contributed by atoms with Crippen LogP contribution in [0, 0.1) is 20.8 Å². The summed E-state index contributed by atoms with van der Waals surface area (Å²) in [5, 5.41) is 12.9. The second kappa shape index (κ2) is 8.01. The van der Waals surface area contributed by atoms with Crippen LogP contribution >= 0.6 is 11.6 Å². The largest absolute Gasteiger partial charge is 0.340 e. The lowest BCUT2D eigenvalue weighted by atomic mass is 9.84. The fourth-order valence-corrected chi connectivity index (χ4v) is 5.06. The van der Waals surface area contributed by atoms with Gasteiger partial charge >= 0.3 is 0 Å². The van der Waals surface area contributed by atoms with Crippen molar-refractivity contribution in [2.24, 2.45) is 0 Å². The smallest absolute Gasteiger partial charge is 0.268 e. The summed E-state index contributed by atoms with van der Waals surface area (Å²) in [7, 11) is 0. The lowest BCUT2D eigenvalue weighted by Crippen LogP contribution is -2.21. The van der Waals surface area contributed by atoms with Crippen LogP contribution < -0.4 is 11.1 Å². The van der Waals surface area contributed by atoms with E-state index in [0.29, 0.717) is 34.1 Å². The molecule has 0 fully saturated rings. The Bertz CT molecular complexity index is 1540. The average molecular weight is 462 g/mol. The molecule has 7 nitrogen and oxygen atoms in total. The number of rotatable bonds is 5. The summed E-state index contributed by atoms with van der Waals surface area (Å²) in [6.45, 7) is 6.29. The van der Waals surface area contributed by atoms with Gasteiger partial charge in [0.1, 0.15) is 0 Å². The minimum atomic E-state index is -0.549. The molecule has 0 spiro atoms. The molecule has 5 rings (SSSR count). The molecule has 0 amide bonds. The van der Waals surface area contributed by atoms with Crippen molar-refractivity contribution in [3.8, 4) is 0 Å². The quantitative estimate of drug-likeness (QED) is 0.310. The molecule has 168 valence electrons. The van der Waals surface area contributed by atoms with Gasteiger partial charge in [-0.25, -0.2) is 0 Å². The molecule has 0 aliphatic rings. The maximum absolute atomic E-state index is 12.9. The van der Waals surface area contributed by atoms with E-state index in [-0.39, 0.29) is 11.1 Å².